The summed E-state index contributed by atoms with van der Waals surface area (Å²) >= 11 is 0. The molecule has 5 aliphatic rings. The van der Waals surface area contributed by atoms with Crippen LogP contribution in [0.5, 0.6) is 0 Å². The molecule has 0 atom stereocenters. The number of anilines is 1. The fourth-order valence-corrected chi connectivity index (χ4v) is 3.50. The van der Waals surface area contributed by atoms with E-state index in [2.05, 4.69) is 46.0 Å². The topological polar surface area (TPSA) is 51.1 Å². The van der Waals surface area contributed by atoms with Crippen molar-refractivity contribution in [2.24, 2.45) is 0 Å². The van der Waals surface area contributed by atoms with E-state index in [1.807, 2.05) is 89.9 Å². The third kappa shape index (κ3) is 9.03. The molecular formula is C27H26Fe2N4O+4. The van der Waals surface area contributed by atoms with Gasteiger partial charge in [-0.1, -0.05) is 0 Å². The number of nitrogens with zero attached hydrogens (tertiary/aromatic N) is 4. The quantitative estimate of drug-likeness (QED) is 0.558. The van der Waals surface area contributed by atoms with Crippen LogP contribution < -0.4 is 4.90 Å². The standard InChI is InChI=1S/C17H16N4O.2C5H5.2Fe/c1-2-6-13(5-1)15-17(21-9-11-22-12-10-21)16(19-20-18-15)14-7-3-4-8-14;2*1-2-4-5-3-1;;/h1-8H,9-12H2;2*1-5H;;/q;;;2*+2. The fraction of sp³-hybridized carbons (Fsp3) is 0.148. The van der Waals surface area contributed by atoms with Gasteiger partial charge in [-0.25, -0.2) is 0 Å². The molecule has 6 rings (SSSR count). The maximum Gasteiger partial charge on any atom is 2.00 e. The molecule has 7 heteroatoms. The number of ether oxygens (including phenoxy) is 1. The Bertz CT molecular complexity index is 593. The summed E-state index contributed by atoms with van der Waals surface area (Å²) < 4.78 is 5.48. The van der Waals surface area contributed by atoms with E-state index in [1.54, 1.807) is 0 Å². The molecule has 0 spiro atoms. The summed E-state index contributed by atoms with van der Waals surface area (Å²) in [6, 6.07) is 0. The van der Waals surface area contributed by atoms with Gasteiger partial charge in [-0.05, 0) is 121 Å². The van der Waals surface area contributed by atoms with Gasteiger partial charge in [-0.15, -0.1) is 10.2 Å². The van der Waals surface area contributed by atoms with Gasteiger partial charge in [0.2, 0.25) is 0 Å². The Morgan fingerprint density at radius 3 is 1.24 bits per heavy atom. The van der Waals surface area contributed by atoms with E-state index in [0.717, 1.165) is 55.2 Å². The van der Waals surface area contributed by atoms with Gasteiger partial charge in [-0.2, -0.15) is 0 Å². The molecule has 0 bridgehead atoms. The van der Waals surface area contributed by atoms with E-state index in [1.165, 1.54) is 0 Å². The smallest absolute Gasteiger partial charge is 0.378 e. The van der Waals surface area contributed by atoms with E-state index in [9.17, 15) is 0 Å². The van der Waals surface area contributed by atoms with E-state index in [0.29, 0.717) is 0 Å². The van der Waals surface area contributed by atoms with Crippen LogP contribution in [0.2, 0.25) is 0 Å². The summed E-state index contributed by atoms with van der Waals surface area (Å²) in [4.78, 5) is 2.30. The SMILES string of the molecule is [CH]1[CH][CH][CH][CH]1.[CH]1[CH][CH][CH][CH]1.[CH]1[CH][CH][C](c2nnnc([C]3[CH][CH][CH][CH]3)c2N2CCOCC2)[CH]1.[Fe+2].[Fe+2]. The van der Waals surface area contributed by atoms with E-state index in [4.69, 9.17) is 4.74 Å². The Balaban J connectivity index is 0.000000283. The largest absolute Gasteiger partial charge is 2.00 e. The first-order valence-electron chi connectivity index (χ1n) is 10.8. The molecule has 34 heavy (non-hydrogen) atoms. The van der Waals surface area contributed by atoms with Crippen molar-refractivity contribution in [3.05, 3.63) is 139 Å². The number of aromatic nitrogens is 3. The summed E-state index contributed by atoms with van der Waals surface area (Å²) in [7, 11) is 0. The number of hydrogen-bond donors (Lipinski definition) is 0. The van der Waals surface area contributed by atoms with Gasteiger partial charge in [0.25, 0.3) is 0 Å². The molecule has 4 saturated carbocycles. The van der Waals surface area contributed by atoms with Crippen molar-refractivity contribution >= 4 is 5.69 Å². The van der Waals surface area contributed by atoms with Crippen molar-refractivity contribution < 1.29 is 38.9 Å². The molecule has 1 aliphatic heterocycles. The normalized spacial score (nSPS) is 22.8. The summed E-state index contributed by atoms with van der Waals surface area (Å²) in [6.45, 7) is 3.13. The molecular weight excluding hydrogens is 508 g/mol. The number of rotatable bonds is 3. The van der Waals surface area contributed by atoms with E-state index in [-0.39, 0.29) is 34.1 Å². The molecule has 0 unspecified atom stereocenters. The molecule has 1 saturated heterocycles. The first-order chi connectivity index (χ1) is 15.9. The van der Waals surface area contributed by atoms with Crippen molar-refractivity contribution in [2.75, 3.05) is 31.2 Å². The van der Waals surface area contributed by atoms with Gasteiger partial charge in [0.05, 0.1) is 30.3 Å². The van der Waals surface area contributed by atoms with Crippen LogP contribution in [0.3, 0.4) is 0 Å². The molecule has 5 fully saturated rings. The third-order valence-electron chi connectivity index (χ3n) is 5.05. The zero-order chi connectivity index (χ0) is 21.8. The minimum atomic E-state index is 0. The van der Waals surface area contributed by atoms with Gasteiger partial charge >= 0.3 is 34.1 Å². The molecule has 0 aromatic carbocycles. The predicted octanol–water partition coefficient (Wildman–Crippen LogP) is 3.25. The molecule has 4 aliphatic carbocycles. The van der Waals surface area contributed by atoms with Crippen LogP contribution in [0.15, 0.2) is 0 Å². The van der Waals surface area contributed by atoms with Crippen molar-refractivity contribution in [2.45, 2.75) is 0 Å². The molecule has 1 aromatic rings. The van der Waals surface area contributed by atoms with Gasteiger partial charge in [-0.3, -0.25) is 0 Å². The van der Waals surface area contributed by atoms with Crippen molar-refractivity contribution in [1.29, 1.82) is 0 Å². The van der Waals surface area contributed by atoms with Gasteiger partial charge in [0, 0.05) is 24.9 Å². The molecule has 0 N–H and O–H groups in total. The molecule has 172 valence electrons. The Morgan fingerprint density at radius 1 is 0.529 bits per heavy atom. The van der Waals surface area contributed by atoms with Crippen LogP contribution >= 0.6 is 0 Å². The van der Waals surface area contributed by atoms with Crippen LogP contribution in [0.1, 0.15) is 11.4 Å². The second-order valence-electron chi connectivity index (χ2n) is 7.21. The molecule has 2 heterocycles. The van der Waals surface area contributed by atoms with Gasteiger partial charge in [0.1, 0.15) is 0 Å². The number of morpholine rings is 1. The summed E-state index contributed by atoms with van der Waals surface area (Å²) in [5.74, 6) is 2.15. The summed E-state index contributed by atoms with van der Waals surface area (Å²) in [6.07, 6.45) is 36.3. The van der Waals surface area contributed by atoms with Crippen molar-refractivity contribution in [1.82, 2.24) is 15.4 Å². The third-order valence-corrected chi connectivity index (χ3v) is 5.05. The number of hydrogen-bond acceptors (Lipinski definition) is 5. The van der Waals surface area contributed by atoms with Crippen molar-refractivity contribution in [3.8, 4) is 0 Å². The molecule has 1 aromatic heterocycles. The Hall–Kier alpha value is -0.191. The minimum Gasteiger partial charge on any atom is -0.378 e. The summed E-state index contributed by atoms with van der Waals surface area (Å²) in [5.41, 5.74) is 2.83. The first kappa shape index (κ1) is 30.0. The second-order valence-corrected chi connectivity index (χ2v) is 7.21. The Morgan fingerprint density at radius 2 is 0.882 bits per heavy atom. The summed E-state index contributed by atoms with van der Waals surface area (Å²) in [5, 5.41) is 12.6. The Kier molecular flexibility index (Phi) is 15.3. The van der Waals surface area contributed by atoms with Gasteiger partial charge < -0.3 is 9.64 Å². The first-order valence-corrected chi connectivity index (χ1v) is 10.8. The van der Waals surface area contributed by atoms with Crippen LogP contribution in [-0.2, 0) is 38.9 Å². The monoisotopic (exact) mass is 534 g/mol. The average Bonchev–Trinajstić information content (AvgIpc) is 3.69. The molecule has 20 radical (unpaired) electrons. The zero-order valence-corrected chi connectivity index (χ0v) is 20.8. The van der Waals surface area contributed by atoms with Gasteiger partial charge in [0.15, 0.2) is 0 Å². The predicted molar refractivity (Wildman–Crippen MR) is 125 cm³/mol. The molecule has 0 amide bonds. The van der Waals surface area contributed by atoms with E-state index >= 15 is 0 Å². The minimum absolute atomic E-state index is 0. The molecule has 5 nitrogen and oxygen atoms in total. The Labute approximate surface area is 229 Å². The zero-order valence-electron chi connectivity index (χ0n) is 18.6. The maximum atomic E-state index is 5.48. The fourth-order valence-electron chi connectivity index (χ4n) is 3.50. The van der Waals surface area contributed by atoms with Crippen LogP contribution in [0.4, 0.5) is 5.69 Å². The van der Waals surface area contributed by atoms with Crippen LogP contribution in [-0.4, -0.2) is 41.7 Å². The van der Waals surface area contributed by atoms with Crippen LogP contribution in [0, 0.1) is 127 Å². The van der Waals surface area contributed by atoms with Crippen LogP contribution in [0.25, 0.3) is 0 Å². The average molecular weight is 534 g/mol. The van der Waals surface area contributed by atoms with Crippen molar-refractivity contribution in [3.63, 3.8) is 0 Å². The second kappa shape index (κ2) is 17.3. The maximum absolute atomic E-state index is 5.48. The van der Waals surface area contributed by atoms with E-state index < -0.39 is 0 Å².